The lowest BCUT2D eigenvalue weighted by atomic mass is 10.1. The minimum atomic E-state index is 0.00121. The third-order valence-electron chi connectivity index (χ3n) is 3.75. The molecular formula is C17H20N4O. The first kappa shape index (κ1) is 14.5. The molecule has 1 aliphatic rings. The maximum absolute atomic E-state index is 12.6. The first-order chi connectivity index (χ1) is 10.7. The summed E-state index contributed by atoms with van der Waals surface area (Å²) in [6.07, 6.45) is 3.35. The second kappa shape index (κ2) is 6.56. The monoisotopic (exact) mass is 296 g/mol. The molecule has 0 aliphatic carbocycles. The van der Waals surface area contributed by atoms with Gasteiger partial charge >= 0.3 is 0 Å². The number of rotatable bonds is 3. The van der Waals surface area contributed by atoms with E-state index >= 15 is 0 Å². The van der Waals surface area contributed by atoms with Crippen molar-refractivity contribution in [3.8, 4) is 0 Å². The Kier molecular flexibility index (Phi) is 4.32. The Balaban J connectivity index is 1.81. The zero-order valence-corrected chi connectivity index (χ0v) is 12.7. The molecule has 2 heterocycles. The number of para-hydroxylation sites is 1. The van der Waals surface area contributed by atoms with Gasteiger partial charge in [0.05, 0.1) is 0 Å². The SMILES string of the molecule is Cc1nc(Nc2ccccc2)cc(C(=O)N2CCCCC2)n1. The van der Waals surface area contributed by atoms with Crippen LogP contribution in [-0.4, -0.2) is 33.9 Å². The van der Waals surface area contributed by atoms with Crippen molar-refractivity contribution < 1.29 is 4.79 Å². The lowest BCUT2D eigenvalue weighted by molar-refractivity contribution is 0.0718. The molecule has 0 saturated carbocycles. The molecule has 114 valence electrons. The van der Waals surface area contributed by atoms with E-state index < -0.39 is 0 Å². The van der Waals surface area contributed by atoms with Crippen molar-refractivity contribution in [2.75, 3.05) is 18.4 Å². The topological polar surface area (TPSA) is 58.1 Å². The highest BCUT2D eigenvalue weighted by molar-refractivity contribution is 5.93. The number of anilines is 2. The predicted molar refractivity (Wildman–Crippen MR) is 86.2 cm³/mol. The van der Waals surface area contributed by atoms with E-state index in [2.05, 4.69) is 15.3 Å². The van der Waals surface area contributed by atoms with Crippen LogP contribution < -0.4 is 5.32 Å². The smallest absolute Gasteiger partial charge is 0.272 e. The van der Waals surface area contributed by atoms with Crippen LogP contribution in [-0.2, 0) is 0 Å². The van der Waals surface area contributed by atoms with Crippen LogP contribution in [0.4, 0.5) is 11.5 Å². The van der Waals surface area contributed by atoms with Gasteiger partial charge in [-0.1, -0.05) is 18.2 Å². The van der Waals surface area contributed by atoms with E-state index in [1.54, 1.807) is 6.07 Å². The fourth-order valence-electron chi connectivity index (χ4n) is 2.67. The fourth-order valence-corrected chi connectivity index (χ4v) is 2.67. The number of benzene rings is 1. The number of nitrogens with one attached hydrogen (secondary N) is 1. The van der Waals surface area contributed by atoms with E-state index in [1.165, 1.54) is 6.42 Å². The molecule has 0 atom stereocenters. The van der Waals surface area contributed by atoms with Gasteiger partial charge in [-0.05, 0) is 38.3 Å². The summed E-state index contributed by atoms with van der Waals surface area (Å²) in [5.74, 6) is 1.25. The number of aromatic nitrogens is 2. The predicted octanol–water partition coefficient (Wildman–Crippen LogP) is 3.15. The molecule has 1 aliphatic heterocycles. The molecule has 1 N–H and O–H groups in total. The number of hydrogen-bond acceptors (Lipinski definition) is 4. The van der Waals surface area contributed by atoms with E-state index in [-0.39, 0.29) is 5.91 Å². The van der Waals surface area contributed by atoms with E-state index in [0.717, 1.165) is 31.6 Å². The Morgan fingerprint density at radius 3 is 2.55 bits per heavy atom. The van der Waals surface area contributed by atoms with E-state index in [0.29, 0.717) is 17.3 Å². The zero-order valence-electron chi connectivity index (χ0n) is 12.7. The molecule has 1 saturated heterocycles. The van der Waals surface area contributed by atoms with Gasteiger partial charge in [0.1, 0.15) is 17.3 Å². The van der Waals surface area contributed by atoms with Gasteiger partial charge in [0.2, 0.25) is 0 Å². The average Bonchev–Trinajstić information content (AvgIpc) is 2.55. The maximum atomic E-state index is 12.6. The summed E-state index contributed by atoms with van der Waals surface area (Å²) in [7, 11) is 0. The Labute approximate surface area is 130 Å². The molecule has 0 unspecified atom stereocenters. The van der Waals surface area contributed by atoms with Crippen molar-refractivity contribution in [1.82, 2.24) is 14.9 Å². The van der Waals surface area contributed by atoms with Gasteiger partial charge in [0.15, 0.2) is 0 Å². The van der Waals surface area contributed by atoms with E-state index in [4.69, 9.17) is 0 Å². The van der Waals surface area contributed by atoms with Crippen LogP contribution in [0.2, 0.25) is 0 Å². The molecule has 5 nitrogen and oxygen atoms in total. The molecule has 1 aromatic heterocycles. The van der Waals surface area contributed by atoms with E-state index in [9.17, 15) is 4.79 Å². The summed E-state index contributed by atoms with van der Waals surface area (Å²) in [6.45, 7) is 3.45. The Hall–Kier alpha value is -2.43. The summed E-state index contributed by atoms with van der Waals surface area (Å²) in [5.41, 5.74) is 1.41. The number of aryl methyl sites for hydroxylation is 1. The van der Waals surface area contributed by atoms with E-state index in [1.807, 2.05) is 42.2 Å². The average molecular weight is 296 g/mol. The lowest BCUT2D eigenvalue weighted by Crippen LogP contribution is -2.36. The zero-order chi connectivity index (χ0) is 15.4. The van der Waals surface area contributed by atoms with Crippen LogP contribution in [0.3, 0.4) is 0 Å². The van der Waals surface area contributed by atoms with Gasteiger partial charge in [-0.3, -0.25) is 4.79 Å². The first-order valence-corrected chi connectivity index (χ1v) is 7.69. The van der Waals surface area contributed by atoms with Crippen LogP contribution in [0.1, 0.15) is 35.6 Å². The first-order valence-electron chi connectivity index (χ1n) is 7.69. The summed E-state index contributed by atoms with van der Waals surface area (Å²) >= 11 is 0. The second-order valence-corrected chi connectivity index (χ2v) is 5.53. The summed E-state index contributed by atoms with van der Waals surface area (Å²) < 4.78 is 0. The summed E-state index contributed by atoms with van der Waals surface area (Å²) in [5, 5.41) is 3.22. The molecule has 22 heavy (non-hydrogen) atoms. The van der Waals surface area contributed by atoms with Gasteiger partial charge in [0.25, 0.3) is 5.91 Å². The number of amides is 1. The fraction of sp³-hybridized carbons (Fsp3) is 0.353. The number of carbonyl (C=O) groups is 1. The highest BCUT2D eigenvalue weighted by atomic mass is 16.2. The maximum Gasteiger partial charge on any atom is 0.272 e. The number of nitrogens with zero attached hydrogens (tertiary/aromatic N) is 3. The molecular weight excluding hydrogens is 276 g/mol. The number of piperidine rings is 1. The minimum Gasteiger partial charge on any atom is -0.340 e. The molecule has 1 aromatic carbocycles. The van der Waals surface area contributed by atoms with Crippen LogP contribution in [0, 0.1) is 6.92 Å². The molecule has 0 spiro atoms. The number of hydrogen-bond donors (Lipinski definition) is 1. The molecule has 0 bridgehead atoms. The highest BCUT2D eigenvalue weighted by Gasteiger charge is 2.20. The third-order valence-corrected chi connectivity index (χ3v) is 3.75. The summed E-state index contributed by atoms with van der Waals surface area (Å²) in [4.78, 5) is 23.1. The van der Waals surface area contributed by atoms with Crippen LogP contribution in [0.5, 0.6) is 0 Å². The molecule has 2 aromatic rings. The van der Waals surface area contributed by atoms with Gasteiger partial charge in [-0.25, -0.2) is 9.97 Å². The van der Waals surface area contributed by atoms with Crippen molar-refractivity contribution in [3.63, 3.8) is 0 Å². The Morgan fingerprint density at radius 1 is 1.09 bits per heavy atom. The summed E-state index contributed by atoms with van der Waals surface area (Å²) in [6, 6.07) is 11.5. The lowest BCUT2D eigenvalue weighted by Gasteiger charge is -2.26. The Morgan fingerprint density at radius 2 is 1.82 bits per heavy atom. The van der Waals surface area contributed by atoms with Gasteiger partial charge in [0, 0.05) is 24.8 Å². The quantitative estimate of drug-likeness (QED) is 0.945. The molecule has 0 radical (unpaired) electrons. The molecule has 1 fully saturated rings. The normalized spacial score (nSPS) is 14.7. The second-order valence-electron chi connectivity index (χ2n) is 5.53. The van der Waals surface area contributed by atoms with Crippen LogP contribution >= 0.6 is 0 Å². The van der Waals surface area contributed by atoms with Gasteiger partial charge in [-0.15, -0.1) is 0 Å². The van der Waals surface area contributed by atoms with Crippen LogP contribution in [0.25, 0.3) is 0 Å². The Bertz CT molecular complexity index is 651. The van der Waals surface area contributed by atoms with Crippen molar-refractivity contribution in [2.24, 2.45) is 0 Å². The molecule has 1 amide bonds. The standard InChI is InChI=1S/C17H20N4O/c1-13-18-15(17(22)21-10-6-3-7-11-21)12-16(19-13)20-14-8-4-2-5-9-14/h2,4-5,8-9,12H,3,6-7,10-11H2,1H3,(H,18,19,20). The van der Waals surface area contributed by atoms with Crippen molar-refractivity contribution in [3.05, 3.63) is 47.9 Å². The van der Waals surface area contributed by atoms with Gasteiger partial charge in [-0.2, -0.15) is 0 Å². The largest absolute Gasteiger partial charge is 0.340 e. The molecule has 3 rings (SSSR count). The minimum absolute atomic E-state index is 0.00121. The van der Waals surface area contributed by atoms with Crippen LogP contribution in [0.15, 0.2) is 36.4 Å². The highest BCUT2D eigenvalue weighted by Crippen LogP contribution is 2.17. The molecule has 5 heteroatoms. The number of carbonyl (C=O) groups excluding carboxylic acids is 1. The van der Waals surface area contributed by atoms with Crippen molar-refractivity contribution in [2.45, 2.75) is 26.2 Å². The van der Waals surface area contributed by atoms with Gasteiger partial charge < -0.3 is 10.2 Å². The third kappa shape index (κ3) is 3.42. The van der Waals surface area contributed by atoms with Crippen molar-refractivity contribution >= 4 is 17.4 Å². The van der Waals surface area contributed by atoms with Crippen molar-refractivity contribution in [1.29, 1.82) is 0 Å². The number of likely N-dealkylation sites (tertiary alicyclic amines) is 1.